The van der Waals surface area contributed by atoms with Gasteiger partial charge in [-0.05, 0) is 41.8 Å². The molecule has 8 nitrogen and oxygen atoms in total. The summed E-state index contributed by atoms with van der Waals surface area (Å²) < 4.78 is 5.14. The summed E-state index contributed by atoms with van der Waals surface area (Å²) in [5.41, 5.74) is 2.13. The van der Waals surface area contributed by atoms with Crippen molar-refractivity contribution in [3.05, 3.63) is 102 Å². The molecule has 0 spiro atoms. The third-order valence-corrected chi connectivity index (χ3v) is 5.27. The Morgan fingerprint density at radius 1 is 0.771 bits per heavy atom. The number of aliphatic carboxylic acids is 1. The molecule has 0 radical (unpaired) electrons. The summed E-state index contributed by atoms with van der Waals surface area (Å²) in [5.74, 6) is -1.51. The van der Waals surface area contributed by atoms with Crippen molar-refractivity contribution in [2.24, 2.45) is 0 Å². The molecule has 2 amide bonds. The molecule has 182 valence electrons. The van der Waals surface area contributed by atoms with Gasteiger partial charge in [-0.1, -0.05) is 60.7 Å². The minimum absolute atomic E-state index is 0.188. The minimum Gasteiger partial charge on any atom is -0.482 e. The van der Waals surface area contributed by atoms with Crippen molar-refractivity contribution in [1.29, 1.82) is 0 Å². The van der Waals surface area contributed by atoms with Gasteiger partial charge in [0.15, 0.2) is 6.61 Å². The molecule has 3 rings (SSSR count). The van der Waals surface area contributed by atoms with Crippen LogP contribution in [0.5, 0.6) is 5.75 Å². The van der Waals surface area contributed by atoms with Crippen molar-refractivity contribution in [1.82, 2.24) is 10.6 Å². The Labute approximate surface area is 203 Å². The fourth-order valence-electron chi connectivity index (χ4n) is 3.50. The fourth-order valence-corrected chi connectivity index (χ4v) is 3.50. The molecule has 0 bridgehead atoms. The summed E-state index contributed by atoms with van der Waals surface area (Å²) in [6, 6.07) is 23.3. The maximum Gasteiger partial charge on any atom is 0.341 e. The number of nitrogens with one attached hydrogen (secondary N) is 2. The van der Waals surface area contributed by atoms with E-state index in [0.29, 0.717) is 17.7 Å². The van der Waals surface area contributed by atoms with E-state index in [0.717, 1.165) is 11.1 Å². The van der Waals surface area contributed by atoms with E-state index in [2.05, 4.69) is 10.6 Å². The molecule has 0 saturated heterocycles. The molecule has 3 aromatic carbocycles. The average molecular weight is 477 g/mol. The summed E-state index contributed by atoms with van der Waals surface area (Å²) in [5, 5.41) is 24.2. The predicted octanol–water partition coefficient (Wildman–Crippen LogP) is 2.21. The molecule has 2 atom stereocenters. The molecule has 3 aromatic rings. The number of carbonyl (C=O) groups excluding carboxylic acids is 2. The highest BCUT2D eigenvalue weighted by Crippen LogP contribution is 2.14. The number of hydrogen-bond acceptors (Lipinski definition) is 5. The van der Waals surface area contributed by atoms with Crippen molar-refractivity contribution in [2.75, 3.05) is 13.2 Å². The molecule has 0 heterocycles. The number of carboxylic acid groups (broad SMARTS) is 1. The van der Waals surface area contributed by atoms with Crippen LogP contribution in [0.25, 0.3) is 0 Å². The van der Waals surface area contributed by atoms with E-state index in [9.17, 15) is 19.5 Å². The van der Waals surface area contributed by atoms with Gasteiger partial charge in [0, 0.05) is 12.0 Å². The standard InChI is InChI=1S/C27H28N2O6/c30-17-22(15-19-7-3-1-4-8-19)28-27(34)24(29-26(33)21-9-5-2-6-10-21)16-20-11-13-23(14-12-20)35-18-25(31)32/h1-14,22,24,30H,15-18H2,(H,28,34)(H,29,33)(H,31,32)/t22-,24-/m0/s1. The van der Waals surface area contributed by atoms with Crippen molar-refractivity contribution < 1.29 is 29.3 Å². The van der Waals surface area contributed by atoms with Gasteiger partial charge in [-0.3, -0.25) is 9.59 Å². The first-order valence-electron chi connectivity index (χ1n) is 11.2. The Balaban J connectivity index is 1.73. The number of benzene rings is 3. The third kappa shape index (κ3) is 8.28. The topological polar surface area (TPSA) is 125 Å². The van der Waals surface area contributed by atoms with Gasteiger partial charge in [0.1, 0.15) is 11.8 Å². The van der Waals surface area contributed by atoms with Crippen molar-refractivity contribution in [2.45, 2.75) is 24.9 Å². The number of rotatable bonds is 12. The molecule has 0 aliphatic rings. The van der Waals surface area contributed by atoms with Gasteiger partial charge in [0.25, 0.3) is 5.91 Å². The van der Waals surface area contributed by atoms with Crippen molar-refractivity contribution in [3.63, 3.8) is 0 Å². The Morgan fingerprint density at radius 2 is 1.37 bits per heavy atom. The first-order valence-corrected chi connectivity index (χ1v) is 11.2. The van der Waals surface area contributed by atoms with E-state index in [-0.39, 0.29) is 13.0 Å². The highest BCUT2D eigenvalue weighted by Gasteiger charge is 2.24. The lowest BCUT2D eigenvalue weighted by molar-refractivity contribution is -0.139. The first kappa shape index (κ1) is 25.5. The van der Waals surface area contributed by atoms with Crippen LogP contribution in [-0.2, 0) is 22.4 Å². The van der Waals surface area contributed by atoms with Gasteiger partial charge in [0.2, 0.25) is 5.91 Å². The lowest BCUT2D eigenvalue weighted by atomic mass is 10.0. The SMILES string of the molecule is O=C(O)COc1ccc(C[C@H](NC(=O)c2ccccc2)C(=O)N[C@H](CO)Cc2ccccc2)cc1. The molecule has 0 aliphatic carbocycles. The molecule has 0 unspecified atom stereocenters. The minimum atomic E-state index is -1.08. The normalized spacial score (nSPS) is 12.3. The summed E-state index contributed by atoms with van der Waals surface area (Å²) in [7, 11) is 0. The van der Waals surface area contributed by atoms with Crippen LogP contribution >= 0.6 is 0 Å². The largest absolute Gasteiger partial charge is 0.482 e. The van der Waals surface area contributed by atoms with Gasteiger partial charge < -0.3 is 25.6 Å². The molecule has 0 fully saturated rings. The zero-order valence-electron chi connectivity index (χ0n) is 19.1. The Hall–Kier alpha value is -4.17. The Kier molecular flexibility index (Phi) is 9.39. The number of amides is 2. The van der Waals surface area contributed by atoms with Crippen LogP contribution in [0.3, 0.4) is 0 Å². The molecule has 0 saturated carbocycles. The number of hydrogen-bond donors (Lipinski definition) is 4. The Morgan fingerprint density at radius 3 is 1.97 bits per heavy atom. The molecule has 8 heteroatoms. The molecular weight excluding hydrogens is 448 g/mol. The van der Waals surface area contributed by atoms with Crippen molar-refractivity contribution >= 4 is 17.8 Å². The number of carbonyl (C=O) groups is 3. The Bertz CT molecular complexity index is 1100. The summed E-state index contributed by atoms with van der Waals surface area (Å²) in [6.07, 6.45) is 0.630. The lowest BCUT2D eigenvalue weighted by Gasteiger charge is -2.23. The van der Waals surface area contributed by atoms with E-state index in [1.54, 1.807) is 54.6 Å². The highest BCUT2D eigenvalue weighted by molar-refractivity contribution is 5.97. The quantitative estimate of drug-likeness (QED) is 0.318. The lowest BCUT2D eigenvalue weighted by Crippen LogP contribution is -2.52. The monoisotopic (exact) mass is 476 g/mol. The van der Waals surface area contributed by atoms with E-state index in [1.165, 1.54) is 0 Å². The number of aliphatic hydroxyl groups is 1. The van der Waals surface area contributed by atoms with Crippen LogP contribution in [0.15, 0.2) is 84.9 Å². The molecule has 4 N–H and O–H groups in total. The van der Waals surface area contributed by atoms with Gasteiger partial charge in [0.05, 0.1) is 12.6 Å². The molecule has 35 heavy (non-hydrogen) atoms. The second-order valence-corrected chi connectivity index (χ2v) is 8.00. The number of aliphatic hydroxyl groups excluding tert-OH is 1. The van der Waals surface area contributed by atoms with Crippen molar-refractivity contribution in [3.8, 4) is 5.75 Å². The summed E-state index contributed by atoms with van der Waals surface area (Å²) >= 11 is 0. The van der Waals surface area contributed by atoms with E-state index in [1.807, 2.05) is 30.3 Å². The van der Waals surface area contributed by atoms with E-state index in [4.69, 9.17) is 9.84 Å². The summed E-state index contributed by atoms with van der Waals surface area (Å²) in [4.78, 5) is 36.7. The van der Waals surface area contributed by atoms with Crippen LogP contribution < -0.4 is 15.4 Å². The van der Waals surface area contributed by atoms with Crippen LogP contribution in [-0.4, -0.2) is 53.3 Å². The molecule has 0 aliphatic heterocycles. The molecular formula is C27H28N2O6. The molecule has 0 aromatic heterocycles. The van der Waals surface area contributed by atoms with Crippen LogP contribution in [0.2, 0.25) is 0 Å². The van der Waals surface area contributed by atoms with Crippen LogP contribution in [0, 0.1) is 0 Å². The van der Waals surface area contributed by atoms with E-state index >= 15 is 0 Å². The van der Waals surface area contributed by atoms with Gasteiger partial charge >= 0.3 is 5.97 Å². The fraction of sp³-hybridized carbons (Fsp3) is 0.222. The zero-order valence-corrected chi connectivity index (χ0v) is 19.1. The first-order chi connectivity index (χ1) is 16.9. The maximum absolute atomic E-state index is 13.2. The van der Waals surface area contributed by atoms with Gasteiger partial charge in [-0.15, -0.1) is 0 Å². The maximum atomic E-state index is 13.2. The van der Waals surface area contributed by atoms with Gasteiger partial charge in [-0.25, -0.2) is 4.79 Å². The van der Waals surface area contributed by atoms with Crippen LogP contribution in [0.4, 0.5) is 0 Å². The van der Waals surface area contributed by atoms with Crippen LogP contribution in [0.1, 0.15) is 21.5 Å². The third-order valence-electron chi connectivity index (χ3n) is 5.27. The zero-order chi connectivity index (χ0) is 25.0. The second-order valence-electron chi connectivity index (χ2n) is 8.00. The van der Waals surface area contributed by atoms with Gasteiger partial charge in [-0.2, -0.15) is 0 Å². The highest BCUT2D eigenvalue weighted by atomic mass is 16.5. The van der Waals surface area contributed by atoms with E-state index < -0.39 is 36.5 Å². The summed E-state index contributed by atoms with van der Waals surface area (Å²) in [6.45, 7) is -0.711. The number of carboxylic acids is 1. The second kappa shape index (κ2) is 12.9. The smallest absolute Gasteiger partial charge is 0.341 e. The number of ether oxygens (including phenoxy) is 1. The predicted molar refractivity (Wildman–Crippen MR) is 130 cm³/mol. The average Bonchev–Trinajstić information content (AvgIpc) is 2.88.